The summed E-state index contributed by atoms with van der Waals surface area (Å²) in [5, 5.41) is 9.42. The normalized spacial score (nSPS) is 10.4. The predicted octanol–water partition coefficient (Wildman–Crippen LogP) is 4.20. The summed E-state index contributed by atoms with van der Waals surface area (Å²) in [5.41, 5.74) is 2.39. The number of para-hydroxylation sites is 1. The molecule has 3 aromatic rings. The van der Waals surface area contributed by atoms with Crippen LogP contribution in [0.5, 0.6) is 0 Å². The molecule has 5 nitrogen and oxygen atoms in total. The Hall–Kier alpha value is -1.78. The van der Waals surface area contributed by atoms with E-state index < -0.39 is 5.97 Å². The Labute approximate surface area is 166 Å². The second-order valence-corrected chi connectivity index (χ2v) is 7.82. The van der Waals surface area contributed by atoms with Crippen molar-refractivity contribution in [2.24, 2.45) is 0 Å². The number of rotatable bonds is 6. The van der Waals surface area contributed by atoms with Crippen LogP contribution in [-0.4, -0.2) is 23.5 Å². The molecular formula is C17H13IN2O3S2. The minimum Gasteiger partial charge on any atom is -0.455 e. The van der Waals surface area contributed by atoms with Crippen LogP contribution in [0.3, 0.4) is 0 Å². The van der Waals surface area contributed by atoms with Crippen LogP contribution < -0.4 is 5.32 Å². The average molecular weight is 484 g/mol. The number of nitrogens with zero attached hydrogens (tertiary/aromatic N) is 1. The first-order valence-electron chi connectivity index (χ1n) is 7.29. The van der Waals surface area contributed by atoms with Gasteiger partial charge in [-0.2, -0.15) is 11.3 Å². The van der Waals surface area contributed by atoms with Crippen LogP contribution in [0.4, 0.5) is 5.69 Å². The molecule has 1 N–H and O–H groups in total. The SMILES string of the molecule is O=C(COC(=O)Cc1csc(-c2ccsc2)n1)Nc1ccccc1I. The van der Waals surface area contributed by atoms with E-state index in [2.05, 4.69) is 32.9 Å². The number of esters is 1. The molecule has 0 saturated carbocycles. The quantitative estimate of drug-likeness (QED) is 0.421. The third-order valence-electron chi connectivity index (χ3n) is 3.16. The van der Waals surface area contributed by atoms with E-state index >= 15 is 0 Å². The molecule has 0 aliphatic carbocycles. The zero-order valence-electron chi connectivity index (χ0n) is 12.9. The smallest absolute Gasteiger partial charge is 0.312 e. The molecule has 0 bridgehead atoms. The number of hydrogen-bond acceptors (Lipinski definition) is 6. The van der Waals surface area contributed by atoms with Crippen LogP contribution in [-0.2, 0) is 20.7 Å². The summed E-state index contributed by atoms with van der Waals surface area (Å²) in [7, 11) is 0. The van der Waals surface area contributed by atoms with Crippen LogP contribution in [0.1, 0.15) is 5.69 Å². The van der Waals surface area contributed by atoms with Gasteiger partial charge in [-0.05, 0) is 46.2 Å². The van der Waals surface area contributed by atoms with Gasteiger partial charge in [-0.1, -0.05) is 12.1 Å². The second-order valence-electron chi connectivity index (χ2n) is 5.02. The molecule has 0 unspecified atom stereocenters. The van der Waals surface area contributed by atoms with Crippen molar-refractivity contribution in [2.45, 2.75) is 6.42 Å². The minimum atomic E-state index is -0.472. The zero-order valence-corrected chi connectivity index (χ0v) is 16.7. The Morgan fingerprint density at radius 3 is 2.80 bits per heavy atom. The van der Waals surface area contributed by atoms with Gasteiger partial charge in [0.1, 0.15) is 5.01 Å². The monoisotopic (exact) mass is 484 g/mol. The second kappa shape index (κ2) is 8.54. The fourth-order valence-electron chi connectivity index (χ4n) is 2.00. The maximum absolute atomic E-state index is 11.9. The molecular weight excluding hydrogens is 471 g/mol. The van der Waals surface area contributed by atoms with Crippen LogP contribution in [0, 0.1) is 3.57 Å². The number of carbonyl (C=O) groups excluding carboxylic acids is 2. The summed E-state index contributed by atoms with van der Waals surface area (Å²) in [6.45, 7) is -0.314. The molecule has 25 heavy (non-hydrogen) atoms. The van der Waals surface area contributed by atoms with E-state index in [1.54, 1.807) is 17.4 Å². The van der Waals surface area contributed by atoms with Crippen molar-refractivity contribution >= 4 is 62.8 Å². The number of nitrogens with one attached hydrogen (secondary N) is 1. The van der Waals surface area contributed by atoms with Crippen LogP contribution in [0.2, 0.25) is 0 Å². The van der Waals surface area contributed by atoms with Gasteiger partial charge in [0, 0.05) is 19.9 Å². The third kappa shape index (κ3) is 5.10. The fourth-order valence-corrected chi connectivity index (χ4v) is 4.05. The number of anilines is 1. The van der Waals surface area contributed by atoms with E-state index in [4.69, 9.17) is 4.74 Å². The van der Waals surface area contributed by atoms with Gasteiger partial charge < -0.3 is 10.1 Å². The lowest BCUT2D eigenvalue weighted by Crippen LogP contribution is -2.22. The zero-order chi connectivity index (χ0) is 17.6. The van der Waals surface area contributed by atoms with Gasteiger partial charge in [0.15, 0.2) is 6.61 Å². The van der Waals surface area contributed by atoms with E-state index in [0.717, 1.165) is 14.1 Å². The van der Waals surface area contributed by atoms with Crippen LogP contribution in [0.25, 0.3) is 10.6 Å². The largest absolute Gasteiger partial charge is 0.455 e. The lowest BCUT2D eigenvalue weighted by molar-refractivity contribution is -0.146. The topological polar surface area (TPSA) is 68.3 Å². The Kier molecular flexibility index (Phi) is 6.16. The summed E-state index contributed by atoms with van der Waals surface area (Å²) in [4.78, 5) is 28.2. The van der Waals surface area contributed by atoms with E-state index in [1.807, 2.05) is 40.4 Å². The number of amides is 1. The van der Waals surface area contributed by atoms with Crippen molar-refractivity contribution in [2.75, 3.05) is 11.9 Å². The third-order valence-corrected chi connectivity index (χ3v) is 5.72. The highest BCUT2D eigenvalue weighted by Crippen LogP contribution is 2.25. The highest BCUT2D eigenvalue weighted by molar-refractivity contribution is 14.1. The fraction of sp³-hybridized carbons (Fsp3) is 0.118. The number of hydrogen-bond donors (Lipinski definition) is 1. The molecule has 0 radical (unpaired) electrons. The van der Waals surface area contributed by atoms with Crippen molar-refractivity contribution < 1.29 is 14.3 Å². The number of thiophene rings is 1. The summed E-state index contributed by atoms with van der Waals surface area (Å²) in [6.07, 6.45) is 0.0524. The molecule has 1 aromatic carbocycles. The average Bonchev–Trinajstić information content (AvgIpc) is 3.26. The molecule has 0 fully saturated rings. The Bertz CT molecular complexity index is 878. The van der Waals surface area contributed by atoms with Crippen molar-refractivity contribution in [3.8, 4) is 10.6 Å². The Morgan fingerprint density at radius 1 is 1.20 bits per heavy atom. The Morgan fingerprint density at radius 2 is 2.04 bits per heavy atom. The van der Waals surface area contributed by atoms with E-state index in [9.17, 15) is 9.59 Å². The molecule has 0 atom stereocenters. The van der Waals surface area contributed by atoms with Gasteiger partial charge in [0.05, 0.1) is 17.8 Å². The number of halogens is 1. The lowest BCUT2D eigenvalue weighted by Gasteiger charge is -2.07. The molecule has 0 spiro atoms. The molecule has 2 heterocycles. The first-order valence-corrected chi connectivity index (χ1v) is 10.2. The predicted molar refractivity (Wildman–Crippen MR) is 108 cm³/mol. The van der Waals surface area contributed by atoms with Crippen molar-refractivity contribution in [3.63, 3.8) is 0 Å². The van der Waals surface area contributed by atoms with Crippen molar-refractivity contribution in [3.05, 3.63) is 55.7 Å². The van der Waals surface area contributed by atoms with Gasteiger partial charge in [-0.3, -0.25) is 9.59 Å². The highest BCUT2D eigenvalue weighted by atomic mass is 127. The van der Waals surface area contributed by atoms with Gasteiger partial charge in [-0.15, -0.1) is 11.3 Å². The molecule has 8 heteroatoms. The van der Waals surface area contributed by atoms with E-state index in [-0.39, 0.29) is 18.9 Å². The summed E-state index contributed by atoms with van der Waals surface area (Å²) in [6, 6.07) is 9.38. The number of thiazole rings is 1. The molecule has 0 saturated heterocycles. The van der Waals surface area contributed by atoms with Crippen molar-refractivity contribution in [1.82, 2.24) is 4.98 Å². The van der Waals surface area contributed by atoms with Gasteiger partial charge in [-0.25, -0.2) is 4.98 Å². The van der Waals surface area contributed by atoms with Crippen LogP contribution >= 0.6 is 45.3 Å². The molecule has 2 aromatic heterocycles. The summed E-state index contributed by atoms with van der Waals surface area (Å²) >= 11 is 5.21. The molecule has 128 valence electrons. The molecule has 0 aliphatic heterocycles. The van der Waals surface area contributed by atoms with E-state index in [0.29, 0.717) is 11.4 Å². The standard InChI is InChI=1S/C17H13IN2O3S2/c18-13-3-1-2-4-14(13)20-15(21)8-23-16(22)7-12-10-25-17(19-12)11-5-6-24-9-11/h1-6,9-10H,7-8H2,(H,20,21). The molecule has 0 aliphatic rings. The maximum atomic E-state index is 11.9. The number of benzene rings is 1. The first kappa shape index (κ1) is 18.0. The lowest BCUT2D eigenvalue weighted by atomic mass is 10.3. The van der Waals surface area contributed by atoms with Gasteiger partial charge in [0.2, 0.25) is 0 Å². The summed E-state index contributed by atoms with van der Waals surface area (Å²) in [5.74, 6) is -0.838. The highest BCUT2D eigenvalue weighted by Gasteiger charge is 2.12. The van der Waals surface area contributed by atoms with Crippen molar-refractivity contribution in [1.29, 1.82) is 0 Å². The summed E-state index contributed by atoms with van der Waals surface area (Å²) < 4.78 is 5.95. The van der Waals surface area contributed by atoms with E-state index in [1.165, 1.54) is 11.3 Å². The number of ether oxygens (including phenoxy) is 1. The number of aromatic nitrogens is 1. The Balaban J connectivity index is 1.48. The molecule has 3 rings (SSSR count). The minimum absolute atomic E-state index is 0.0524. The van der Waals surface area contributed by atoms with Gasteiger partial charge >= 0.3 is 5.97 Å². The first-order chi connectivity index (χ1) is 12.1. The van der Waals surface area contributed by atoms with Crippen LogP contribution in [0.15, 0.2) is 46.5 Å². The number of carbonyl (C=O) groups is 2. The molecule has 1 amide bonds. The van der Waals surface area contributed by atoms with Gasteiger partial charge in [0.25, 0.3) is 5.91 Å². The maximum Gasteiger partial charge on any atom is 0.312 e.